The number of halogens is 1. The number of nitrogens with zero attached hydrogens (tertiary/aromatic N) is 4. The topological polar surface area (TPSA) is 43.1 Å². The molecule has 4 aromatic rings. The van der Waals surface area contributed by atoms with Crippen molar-refractivity contribution in [2.24, 2.45) is 13.0 Å². The number of hydrogen-bond donors (Lipinski definition) is 0. The minimum Gasteiger partial charge on any atom is -0.337 e. The molecule has 0 saturated heterocycles. The summed E-state index contributed by atoms with van der Waals surface area (Å²) in [5.41, 5.74) is 6.48. The van der Waals surface area contributed by atoms with Gasteiger partial charge in [-0.3, -0.25) is 9.69 Å². The average molecular weight is 445 g/mol. The second kappa shape index (κ2) is 7.52. The Morgan fingerprint density at radius 2 is 2.00 bits per heavy atom. The maximum absolute atomic E-state index is 14.8. The van der Waals surface area contributed by atoms with Crippen LogP contribution in [0.5, 0.6) is 0 Å². The summed E-state index contributed by atoms with van der Waals surface area (Å²) in [5.74, 6) is 1.03. The molecule has 170 valence electrons. The van der Waals surface area contributed by atoms with Crippen LogP contribution in [0.4, 0.5) is 4.39 Å². The molecule has 3 heterocycles. The van der Waals surface area contributed by atoms with E-state index in [9.17, 15) is 9.18 Å². The standard InChI is InChI=1S/C27H29FN4O/c1-16(2)31-9-8-21-20(14-31)7-6-19-12-24(32(25(19)21)13-17-4-5-17)27-29-23-11-18(15-33)10-22(28)26(23)30(27)3/h6-7,10-12,15-17H,4-5,8-9,13-14H2,1-3H3. The third kappa shape index (κ3) is 3.31. The highest BCUT2D eigenvalue weighted by Crippen LogP contribution is 2.39. The first kappa shape index (κ1) is 20.6. The van der Waals surface area contributed by atoms with Gasteiger partial charge in [0.15, 0.2) is 5.82 Å². The Balaban J connectivity index is 1.57. The third-order valence-corrected chi connectivity index (χ3v) is 7.46. The Morgan fingerprint density at radius 3 is 2.73 bits per heavy atom. The zero-order chi connectivity index (χ0) is 22.9. The first-order chi connectivity index (χ1) is 15.9. The molecule has 5 nitrogen and oxygen atoms in total. The number of carbonyl (C=O) groups is 1. The summed E-state index contributed by atoms with van der Waals surface area (Å²) in [6, 6.07) is 10.2. The van der Waals surface area contributed by atoms with Gasteiger partial charge in [-0.25, -0.2) is 9.37 Å². The van der Waals surface area contributed by atoms with Gasteiger partial charge in [0.2, 0.25) is 0 Å². The van der Waals surface area contributed by atoms with Crippen LogP contribution in [0.25, 0.3) is 33.5 Å². The van der Waals surface area contributed by atoms with Gasteiger partial charge in [0.1, 0.15) is 17.6 Å². The first-order valence-corrected chi connectivity index (χ1v) is 11.9. The fraction of sp³-hybridized carbons (Fsp3) is 0.407. The highest BCUT2D eigenvalue weighted by molar-refractivity contribution is 5.92. The largest absolute Gasteiger partial charge is 0.337 e. The molecule has 0 spiro atoms. The number of aldehydes is 1. The van der Waals surface area contributed by atoms with Crippen molar-refractivity contribution < 1.29 is 9.18 Å². The number of aryl methyl sites for hydroxylation is 1. The van der Waals surface area contributed by atoms with Crippen LogP contribution in [0.1, 0.15) is 48.2 Å². The molecule has 0 N–H and O–H groups in total. The molecule has 1 saturated carbocycles. The van der Waals surface area contributed by atoms with Crippen molar-refractivity contribution >= 4 is 28.2 Å². The summed E-state index contributed by atoms with van der Waals surface area (Å²) in [5, 5.41) is 1.23. The molecule has 0 bridgehead atoms. The second-order valence-corrected chi connectivity index (χ2v) is 10.0. The SMILES string of the molecule is CC(C)N1CCc2c(ccc3cc(-c4nc5cc(C=O)cc(F)c5n4C)n(CC4CC4)c23)C1. The van der Waals surface area contributed by atoms with Crippen LogP contribution < -0.4 is 0 Å². The molecule has 0 amide bonds. The molecule has 1 aliphatic carbocycles. The molecule has 0 radical (unpaired) electrons. The van der Waals surface area contributed by atoms with E-state index in [-0.39, 0.29) is 0 Å². The van der Waals surface area contributed by atoms with Gasteiger partial charge in [0.25, 0.3) is 0 Å². The lowest BCUT2D eigenvalue weighted by molar-refractivity contribution is 0.112. The summed E-state index contributed by atoms with van der Waals surface area (Å²) in [6.07, 6.45) is 4.23. The predicted octanol–water partition coefficient (Wildman–Crippen LogP) is 5.32. The number of aromatic nitrogens is 3. The molecule has 6 heteroatoms. The van der Waals surface area contributed by atoms with E-state index in [2.05, 4.69) is 41.5 Å². The lowest BCUT2D eigenvalue weighted by Gasteiger charge is -2.32. The molecular weight excluding hydrogens is 415 g/mol. The maximum atomic E-state index is 14.8. The van der Waals surface area contributed by atoms with E-state index >= 15 is 0 Å². The zero-order valence-electron chi connectivity index (χ0n) is 19.4. The third-order valence-electron chi connectivity index (χ3n) is 7.46. The van der Waals surface area contributed by atoms with Crippen molar-refractivity contribution in [3.63, 3.8) is 0 Å². The van der Waals surface area contributed by atoms with Crippen molar-refractivity contribution in [3.05, 3.63) is 52.8 Å². The summed E-state index contributed by atoms with van der Waals surface area (Å²) in [7, 11) is 1.86. The Hall–Kier alpha value is -2.99. The van der Waals surface area contributed by atoms with Crippen LogP contribution in [0.3, 0.4) is 0 Å². The molecule has 33 heavy (non-hydrogen) atoms. The van der Waals surface area contributed by atoms with Crippen LogP contribution in [0, 0.1) is 11.7 Å². The first-order valence-electron chi connectivity index (χ1n) is 11.9. The van der Waals surface area contributed by atoms with E-state index in [1.165, 1.54) is 40.9 Å². The minimum atomic E-state index is -0.410. The van der Waals surface area contributed by atoms with E-state index in [1.54, 1.807) is 6.07 Å². The fourth-order valence-electron chi connectivity index (χ4n) is 5.45. The number of rotatable bonds is 5. The van der Waals surface area contributed by atoms with Crippen LogP contribution in [0.2, 0.25) is 0 Å². The summed E-state index contributed by atoms with van der Waals surface area (Å²) < 4.78 is 19.1. The average Bonchev–Trinajstić information content (AvgIpc) is 3.46. The maximum Gasteiger partial charge on any atom is 0.157 e. The van der Waals surface area contributed by atoms with Crippen LogP contribution in [-0.4, -0.2) is 37.9 Å². The van der Waals surface area contributed by atoms with Gasteiger partial charge in [-0.15, -0.1) is 0 Å². The zero-order valence-corrected chi connectivity index (χ0v) is 19.4. The highest BCUT2D eigenvalue weighted by atomic mass is 19.1. The van der Waals surface area contributed by atoms with Crippen LogP contribution >= 0.6 is 0 Å². The second-order valence-electron chi connectivity index (χ2n) is 10.0. The Bertz CT molecular complexity index is 1410. The van der Waals surface area contributed by atoms with Crippen molar-refractivity contribution in [2.45, 2.75) is 52.2 Å². The van der Waals surface area contributed by atoms with Crippen molar-refractivity contribution in [1.82, 2.24) is 19.0 Å². The molecule has 2 aromatic heterocycles. The summed E-state index contributed by atoms with van der Waals surface area (Å²) >= 11 is 0. The van der Waals surface area contributed by atoms with Gasteiger partial charge in [-0.2, -0.15) is 0 Å². The van der Waals surface area contributed by atoms with E-state index in [0.29, 0.717) is 34.8 Å². The molecule has 6 rings (SSSR count). The molecular formula is C27H29FN4O. The van der Waals surface area contributed by atoms with Gasteiger partial charge in [0.05, 0.1) is 16.7 Å². The quantitative estimate of drug-likeness (QED) is 0.391. The monoisotopic (exact) mass is 444 g/mol. The normalized spacial score (nSPS) is 16.8. The molecule has 1 aliphatic heterocycles. The van der Waals surface area contributed by atoms with Gasteiger partial charge in [-0.1, -0.05) is 12.1 Å². The molecule has 1 fully saturated rings. The van der Waals surface area contributed by atoms with E-state index in [1.807, 2.05) is 11.6 Å². The molecule has 2 aromatic carbocycles. The number of benzene rings is 2. The Kier molecular flexibility index (Phi) is 4.70. The van der Waals surface area contributed by atoms with E-state index in [4.69, 9.17) is 4.98 Å². The highest BCUT2D eigenvalue weighted by Gasteiger charge is 2.28. The van der Waals surface area contributed by atoms with Crippen molar-refractivity contribution in [1.29, 1.82) is 0 Å². The van der Waals surface area contributed by atoms with Gasteiger partial charge in [0, 0.05) is 43.7 Å². The van der Waals surface area contributed by atoms with Crippen LogP contribution in [0.15, 0.2) is 30.3 Å². The fourth-order valence-corrected chi connectivity index (χ4v) is 5.45. The van der Waals surface area contributed by atoms with E-state index < -0.39 is 5.82 Å². The van der Waals surface area contributed by atoms with Crippen molar-refractivity contribution in [3.8, 4) is 11.5 Å². The number of hydrogen-bond acceptors (Lipinski definition) is 3. The van der Waals surface area contributed by atoms with E-state index in [0.717, 1.165) is 37.6 Å². The number of fused-ring (bicyclic) bond motifs is 4. The van der Waals surface area contributed by atoms with Crippen molar-refractivity contribution in [2.75, 3.05) is 6.54 Å². The Morgan fingerprint density at radius 1 is 1.18 bits per heavy atom. The summed E-state index contributed by atoms with van der Waals surface area (Å²) in [6.45, 7) is 7.55. The van der Waals surface area contributed by atoms with Crippen LogP contribution in [-0.2, 0) is 26.6 Å². The lowest BCUT2D eigenvalue weighted by Crippen LogP contribution is -2.36. The molecule has 0 unspecified atom stereocenters. The van der Waals surface area contributed by atoms with Gasteiger partial charge >= 0.3 is 0 Å². The molecule has 2 aliphatic rings. The summed E-state index contributed by atoms with van der Waals surface area (Å²) in [4.78, 5) is 18.6. The predicted molar refractivity (Wildman–Crippen MR) is 129 cm³/mol. The number of carbonyl (C=O) groups excluding carboxylic acids is 1. The minimum absolute atomic E-state index is 0.312. The van der Waals surface area contributed by atoms with Gasteiger partial charge < -0.3 is 9.13 Å². The Labute approximate surface area is 192 Å². The smallest absolute Gasteiger partial charge is 0.157 e. The lowest BCUT2D eigenvalue weighted by atomic mass is 9.96. The number of imidazole rings is 1. The van der Waals surface area contributed by atoms with Gasteiger partial charge in [-0.05, 0) is 68.4 Å². The molecule has 0 atom stereocenters.